The summed E-state index contributed by atoms with van der Waals surface area (Å²) in [5, 5.41) is 6.20. The van der Waals surface area contributed by atoms with E-state index in [0.717, 1.165) is 24.8 Å². The Morgan fingerprint density at radius 1 is 1.07 bits per heavy atom. The highest BCUT2D eigenvalue weighted by Gasteiger charge is 2.33. The van der Waals surface area contributed by atoms with Crippen LogP contribution < -0.4 is 10.6 Å². The zero-order chi connectivity index (χ0) is 18.8. The highest BCUT2D eigenvalue weighted by Crippen LogP contribution is 2.34. The van der Waals surface area contributed by atoms with Crippen LogP contribution in [0.2, 0.25) is 0 Å². The lowest BCUT2D eigenvalue weighted by Gasteiger charge is -2.23. The van der Waals surface area contributed by atoms with Crippen molar-refractivity contribution in [2.75, 3.05) is 5.32 Å². The van der Waals surface area contributed by atoms with Crippen LogP contribution in [-0.2, 0) is 22.6 Å². The maximum absolute atomic E-state index is 12.5. The number of Topliss-reactive ketones (excluding diaryl/α,β-unsaturated/α-hetero) is 1. The van der Waals surface area contributed by atoms with Crippen LogP contribution >= 0.6 is 11.3 Å². The minimum absolute atomic E-state index is 0.0167. The van der Waals surface area contributed by atoms with Crippen LogP contribution in [0.15, 0.2) is 30.3 Å². The summed E-state index contributed by atoms with van der Waals surface area (Å²) >= 11 is 1.22. The molecule has 2 aromatic rings. The van der Waals surface area contributed by atoms with Gasteiger partial charge in [0.15, 0.2) is 10.9 Å². The van der Waals surface area contributed by atoms with Gasteiger partial charge in [-0.05, 0) is 18.4 Å². The first-order chi connectivity index (χ1) is 13.1. The third kappa shape index (κ3) is 3.93. The quantitative estimate of drug-likeness (QED) is 0.831. The second kappa shape index (κ2) is 7.60. The lowest BCUT2D eigenvalue weighted by atomic mass is 9.85. The van der Waals surface area contributed by atoms with E-state index in [1.165, 1.54) is 11.3 Å². The highest BCUT2D eigenvalue weighted by atomic mass is 32.1. The first kappa shape index (κ1) is 17.9. The van der Waals surface area contributed by atoms with Crippen LogP contribution in [-0.4, -0.2) is 22.6 Å². The average Bonchev–Trinajstić information content (AvgIpc) is 3.02. The summed E-state index contributed by atoms with van der Waals surface area (Å²) in [4.78, 5) is 42.0. The fourth-order valence-electron chi connectivity index (χ4n) is 3.38. The number of carbonyl (C=O) groups is 3. The number of ketones is 1. The molecule has 27 heavy (non-hydrogen) atoms. The van der Waals surface area contributed by atoms with Gasteiger partial charge in [0.2, 0.25) is 11.8 Å². The number of aromatic nitrogens is 1. The molecule has 1 aromatic carbocycles. The summed E-state index contributed by atoms with van der Waals surface area (Å²) in [5.41, 5.74) is 1.64. The third-order valence-electron chi connectivity index (χ3n) is 5.21. The monoisotopic (exact) mass is 383 g/mol. The molecule has 1 heterocycles. The van der Waals surface area contributed by atoms with Crippen LogP contribution in [0.3, 0.4) is 0 Å². The van der Waals surface area contributed by atoms with Crippen molar-refractivity contribution in [1.82, 2.24) is 10.3 Å². The van der Waals surface area contributed by atoms with Crippen LogP contribution in [0.4, 0.5) is 5.13 Å². The molecular formula is C20H21N3O3S. The number of benzene rings is 1. The Hall–Kier alpha value is -2.54. The van der Waals surface area contributed by atoms with Gasteiger partial charge in [0.25, 0.3) is 0 Å². The molecular weight excluding hydrogens is 362 g/mol. The molecule has 0 bridgehead atoms. The van der Waals surface area contributed by atoms with Gasteiger partial charge in [-0.15, -0.1) is 0 Å². The SMILES string of the molecule is O=C1C[C@@H](C(=O)NCc2ccccc2)Cc2nc(NC(=O)C3CCC3)sc21. The fourth-order valence-corrected chi connectivity index (χ4v) is 4.32. The lowest BCUT2D eigenvalue weighted by Crippen LogP contribution is -2.35. The van der Waals surface area contributed by atoms with E-state index in [0.29, 0.717) is 28.7 Å². The van der Waals surface area contributed by atoms with E-state index < -0.39 is 5.92 Å². The predicted octanol–water partition coefficient (Wildman–Crippen LogP) is 2.94. The molecule has 6 nitrogen and oxygen atoms in total. The zero-order valence-corrected chi connectivity index (χ0v) is 15.7. The van der Waals surface area contributed by atoms with Gasteiger partial charge in [-0.25, -0.2) is 4.98 Å². The Kier molecular flexibility index (Phi) is 5.03. The van der Waals surface area contributed by atoms with Gasteiger partial charge in [0.1, 0.15) is 0 Å². The smallest absolute Gasteiger partial charge is 0.229 e. The first-order valence-electron chi connectivity index (χ1n) is 9.25. The van der Waals surface area contributed by atoms with Gasteiger partial charge in [-0.3, -0.25) is 14.4 Å². The molecule has 1 fully saturated rings. The van der Waals surface area contributed by atoms with E-state index in [1.807, 2.05) is 30.3 Å². The molecule has 1 saturated carbocycles. The molecule has 0 saturated heterocycles. The van der Waals surface area contributed by atoms with E-state index in [9.17, 15) is 14.4 Å². The van der Waals surface area contributed by atoms with Crippen LogP contribution in [0.25, 0.3) is 0 Å². The molecule has 2 amide bonds. The number of thiazole rings is 1. The standard InChI is InChI=1S/C20H21N3O3S/c24-16-10-14(18(25)21-11-12-5-2-1-3-6-12)9-15-17(16)27-20(22-15)23-19(26)13-7-4-8-13/h1-3,5-6,13-14H,4,7-11H2,(H,21,25)(H,22,23,26)/t14-/m0/s1. The van der Waals surface area contributed by atoms with E-state index in [2.05, 4.69) is 15.6 Å². The number of amides is 2. The van der Waals surface area contributed by atoms with Gasteiger partial charge < -0.3 is 10.6 Å². The number of fused-ring (bicyclic) bond motifs is 1. The zero-order valence-electron chi connectivity index (χ0n) is 14.9. The fraction of sp³-hybridized carbons (Fsp3) is 0.400. The summed E-state index contributed by atoms with van der Waals surface area (Å²) in [7, 11) is 0. The topological polar surface area (TPSA) is 88.2 Å². The van der Waals surface area contributed by atoms with Crippen molar-refractivity contribution in [3.8, 4) is 0 Å². The van der Waals surface area contributed by atoms with Crippen LogP contribution in [0.5, 0.6) is 0 Å². The highest BCUT2D eigenvalue weighted by molar-refractivity contribution is 7.17. The number of nitrogens with zero attached hydrogens (tertiary/aromatic N) is 1. The van der Waals surface area contributed by atoms with Crippen molar-refractivity contribution < 1.29 is 14.4 Å². The first-order valence-corrected chi connectivity index (χ1v) is 10.1. The second-order valence-electron chi connectivity index (χ2n) is 7.14. The number of hydrogen-bond acceptors (Lipinski definition) is 5. The van der Waals surface area contributed by atoms with E-state index >= 15 is 0 Å². The average molecular weight is 383 g/mol. The number of nitrogens with one attached hydrogen (secondary N) is 2. The molecule has 0 radical (unpaired) electrons. The van der Waals surface area contributed by atoms with E-state index in [4.69, 9.17) is 0 Å². The molecule has 1 aromatic heterocycles. The van der Waals surface area contributed by atoms with Crippen molar-refractivity contribution in [3.63, 3.8) is 0 Å². The van der Waals surface area contributed by atoms with Gasteiger partial charge in [-0.2, -0.15) is 0 Å². The molecule has 1 atom stereocenters. The number of rotatable bonds is 5. The summed E-state index contributed by atoms with van der Waals surface area (Å²) in [6.07, 6.45) is 3.53. The van der Waals surface area contributed by atoms with Crippen LogP contribution in [0, 0.1) is 11.8 Å². The summed E-state index contributed by atoms with van der Waals surface area (Å²) in [6.45, 7) is 0.441. The minimum atomic E-state index is -0.411. The molecule has 2 N–H and O–H groups in total. The molecule has 4 rings (SSSR count). The van der Waals surface area contributed by atoms with Gasteiger partial charge in [0, 0.05) is 25.3 Å². The summed E-state index contributed by atoms with van der Waals surface area (Å²) in [6, 6.07) is 9.67. The van der Waals surface area contributed by atoms with Crippen LogP contribution in [0.1, 0.15) is 46.6 Å². The molecule has 2 aliphatic rings. The second-order valence-corrected chi connectivity index (χ2v) is 8.14. The van der Waals surface area contributed by atoms with Crippen molar-refractivity contribution in [1.29, 1.82) is 0 Å². The number of hydrogen-bond donors (Lipinski definition) is 2. The van der Waals surface area contributed by atoms with Crippen molar-refractivity contribution in [2.45, 2.75) is 38.6 Å². The van der Waals surface area contributed by atoms with Gasteiger partial charge in [0.05, 0.1) is 16.5 Å². The minimum Gasteiger partial charge on any atom is -0.352 e. The third-order valence-corrected chi connectivity index (χ3v) is 6.26. The summed E-state index contributed by atoms with van der Waals surface area (Å²) in [5.74, 6) is -0.565. The Bertz CT molecular complexity index is 874. The molecule has 2 aliphatic carbocycles. The Labute approximate surface area is 161 Å². The normalized spacial score (nSPS) is 19.1. The Balaban J connectivity index is 1.39. The van der Waals surface area contributed by atoms with Crippen molar-refractivity contribution in [3.05, 3.63) is 46.5 Å². The summed E-state index contributed by atoms with van der Waals surface area (Å²) < 4.78 is 0. The molecule has 0 aliphatic heterocycles. The molecule has 140 valence electrons. The van der Waals surface area contributed by atoms with Crippen molar-refractivity contribution in [2.24, 2.45) is 11.8 Å². The van der Waals surface area contributed by atoms with Crippen molar-refractivity contribution >= 4 is 34.1 Å². The van der Waals surface area contributed by atoms with E-state index in [-0.39, 0.29) is 29.9 Å². The molecule has 0 unspecified atom stereocenters. The molecule has 7 heteroatoms. The van der Waals surface area contributed by atoms with Gasteiger partial charge >= 0.3 is 0 Å². The Morgan fingerprint density at radius 3 is 2.56 bits per heavy atom. The molecule has 0 spiro atoms. The maximum atomic E-state index is 12.5. The maximum Gasteiger partial charge on any atom is 0.229 e. The number of anilines is 1. The lowest BCUT2D eigenvalue weighted by molar-refractivity contribution is -0.125. The van der Waals surface area contributed by atoms with Gasteiger partial charge in [-0.1, -0.05) is 48.1 Å². The number of carbonyl (C=O) groups excluding carboxylic acids is 3. The van der Waals surface area contributed by atoms with E-state index in [1.54, 1.807) is 0 Å². The largest absolute Gasteiger partial charge is 0.352 e. The predicted molar refractivity (Wildman–Crippen MR) is 103 cm³/mol. The Morgan fingerprint density at radius 2 is 1.85 bits per heavy atom.